The van der Waals surface area contributed by atoms with Crippen LogP contribution in [0.1, 0.15) is 38.8 Å². The van der Waals surface area contributed by atoms with Crippen molar-refractivity contribution in [1.29, 1.82) is 0 Å². The molecule has 0 N–H and O–H groups in total. The lowest BCUT2D eigenvalue weighted by Gasteiger charge is -2.30. The van der Waals surface area contributed by atoms with E-state index in [-0.39, 0.29) is 18.1 Å². The highest BCUT2D eigenvalue weighted by Gasteiger charge is 2.20. The van der Waals surface area contributed by atoms with Gasteiger partial charge >= 0.3 is 5.97 Å². The number of ether oxygens (including phenoxy) is 1. The normalized spacial score (nSPS) is 14.3. The second kappa shape index (κ2) is 7.17. The second-order valence-electron chi connectivity index (χ2n) is 4.61. The third-order valence-corrected chi connectivity index (χ3v) is 3.36. The first kappa shape index (κ1) is 14.7. The Hall–Kier alpha value is -1.35. The molecule has 0 heterocycles. The zero-order valence-electron chi connectivity index (χ0n) is 11.7. The summed E-state index contributed by atoms with van der Waals surface area (Å²) in [5.41, 5.74) is 1.26. The van der Waals surface area contributed by atoms with Gasteiger partial charge in [0, 0.05) is 12.1 Å². The number of hydrogen-bond acceptors (Lipinski definition) is 3. The van der Waals surface area contributed by atoms with Crippen LogP contribution in [0.25, 0.3) is 0 Å². The van der Waals surface area contributed by atoms with Crippen LogP contribution < -0.4 is 0 Å². The van der Waals surface area contributed by atoms with E-state index in [0.29, 0.717) is 13.0 Å². The van der Waals surface area contributed by atoms with Crippen LogP contribution in [-0.4, -0.2) is 30.6 Å². The number of nitrogens with zero attached hydrogens (tertiary/aromatic N) is 1. The molecule has 0 aliphatic rings. The maximum atomic E-state index is 11.5. The number of benzene rings is 1. The van der Waals surface area contributed by atoms with E-state index in [2.05, 4.69) is 30.9 Å². The smallest absolute Gasteiger partial charge is 0.307 e. The Morgan fingerprint density at radius 1 is 1.28 bits per heavy atom. The Bertz CT molecular complexity index is 364. The van der Waals surface area contributed by atoms with Gasteiger partial charge in [-0.25, -0.2) is 0 Å². The molecule has 0 saturated heterocycles. The lowest BCUT2D eigenvalue weighted by atomic mass is 10.1. The van der Waals surface area contributed by atoms with Gasteiger partial charge in [-0.3, -0.25) is 9.69 Å². The molecule has 0 aliphatic carbocycles. The standard InChI is InChI=1S/C15H23NO2/c1-5-18-15(17)11-12(2)16(4)13(3)14-9-7-6-8-10-14/h6-10,12-13H,5,11H2,1-4H3/t12-,13-/m0/s1. The monoisotopic (exact) mass is 249 g/mol. The van der Waals surface area contributed by atoms with E-state index in [0.717, 1.165) is 0 Å². The largest absolute Gasteiger partial charge is 0.466 e. The molecule has 1 aromatic carbocycles. The SMILES string of the molecule is CCOC(=O)C[C@H](C)N(C)[C@@H](C)c1ccccc1. The molecule has 0 spiro atoms. The topological polar surface area (TPSA) is 29.5 Å². The lowest BCUT2D eigenvalue weighted by Crippen LogP contribution is -2.33. The average Bonchev–Trinajstić information content (AvgIpc) is 2.38. The molecular weight excluding hydrogens is 226 g/mol. The molecule has 3 heteroatoms. The molecule has 0 aliphatic heterocycles. The number of hydrogen-bond donors (Lipinski definition) is 0. The third-order valence-electron chi connectivity index (χ3n) is 3.36. The van der Waals surface area contributed by atoms with Gasteiger partial charge in [0.15, 0.2) is 0 Å². The molecule has 0 amide bonds. The summed E-state index contributed by atoms with van der Waals surface area (Å²) in [6.07, 6.45) is 0.432. The molecule has 0 bridgehead atoms. The highest BCUT2D eigenvalue weighted by molar-refractivity contribution is 5.70. The molecule has 100 valence electrons. The van der Waals surface area contributed by atoms with E-state index in [9.17, 15) is 4.79 Å². The van der Waals surface area contributed by atoms with E-state index >= 15 is 0 Å². The molecule has 0 radical (unpaired) electrons. The Morgan fingerprint density at radius 3 is 2.44 bits per heavy atom. The van der Waals surface area contributed by atoms with Crippen LogP contribution in [0, 0.1) is 0 Å². The molecular formula is C15H23NO2. The summed E-state index contributed by atoms with van der Waals surface area (Å²) in [5, 5.41) is 0. The van der Waals surface area contributed by atoms with E-state index < -0.39 is 0 Å². The number of esters is 1. The van der Waals surface area contributed by atoms with E-state index in [1.165, 1.54) is 5.56 Å². The first-order chi connectivity index (χ1) is 8.56. The quantitative estimate of drug-likeness (QED) is 0.726. The fraction of sp³-hybridized carbons (Fsp3) is 0.533. The van der Waals surface area contributed by atoms with Crippen molar-refractivity contribution in [1.82, 2.24) is 4.90 Å². The molecule has 1 aromatic rings. The number of carbonyl (C=O) groups excluding carboxylic acids is 1. The zero-order chi connectivity index (χ0) is 13.5. The summed E-state index contributed by atoms with van der Waals surface area (Å²) >= 11 is 0. The highest BCUT2D eigenvalue weighted by atomic mass is 16.5. The van der Waals surface area contributed by atoms with Gasteiger partial charge in [0.25, 0.3) is 0 Å². The van der Waals surface area contributed by atoms with E-state index in [1.54, 1.807) is 0 Å². The summed E-state index contributed by atoms with van der Waals surface area (Å²) in [6, 6.07) is 10.8. The molecule has 0 fully saturated rings. The van der Waals surface area contributed by atoms with Gasteiger partial charge < -0.3 is 4.74 Å². The minimum atomic E-state index is -0.128. The summed E-state index contributed by atoms with van der Waals surface area (Å²) in [7, 11) is 2.04. The predicted octanol–water partition coefficient (Wildman–Crippen LogP) is 3.02. The Labute approximate surface area is 110 Å². The van der Waals surface area contributed by atoms with Crippen LogP contribution in [0.15, 0.2) is 30.3 Å². The molecule has 0 unspecified atom stereocenters. The Morgan fingerprint density at radius 2 is 1.89 bits per heavy atom. The van der Waals surface area contributed by atoms with Crippen molar-refractivity contribution in [3.63, 3.8) is 0 Å². The van der Waals surface area contributed by atoms with Crippen molar-refractivity contribution in [3.05, 3.63) is 35.9 Å². The summed E-state index contributed by atoms with van der Waals surface area (Å²) in [4.78, 5) is 13.7. The number of rotatable bonds is 6. The molecule has 2 atom stereocenters. The molecule has 1 rings (SSSR count). The summed E-state index contributed by atoms with van der Waals surface area (Å²) in [6.45, 7) is 6.48. The maximum Gasteiger partial charge on any atom is 0.307 e. The van der Waals surface area contributed by atoms with Gasteiger partial charge in [0.1, 0.15) is 0 Å². The lowest BCUT2D eigenvalue weighted by molar-refractivity contribution is -0.144. The second-order valence-corrected chi connectivity index (χ2v) is 4.61. The van der Waals surface area contributed by atoms with Crippen LogP contribution in [0.2, 0.25) is 0 Å². The fourth-order valence-electron chi connectivity index (χ4n) is 1.95. The fourth-order valence-corrected chi connectivity index (χ4v) is 1.95. The average molecular weight is 249 g/mol. The van der Waals surface area contributed by atoms with Crippen LogP contribution >= 0.6 is 0 Å². The first-order valence-corrected chi connectivity index (χ1v) is 6.48. The van der Waals surface area contributed by atoms with Gasteiger partial charge in [-0.1, -0.05) is 30.3 Å². The van der Waals surface area contributed by atoms with Crippen LogP contribution in [0.5, 0.6) is 0 Å². The van der Waals surface area contributed by atoms with Crippen LogP contribution in [-0.2, 0) is 9.53 Å². The van der Waals surface area contributed by atoms with Gasteiger partial charge in [-0.05, 0) is 33.4 Å². The molecule has 0 saturated carbocycles. The Kier molecular flexibility index (Phi) is 5.86. The summed E-state index contributed by atoms with van der Waals surface area (Å²) < 4.78 is 4.98. The van der Waals surface area contributed by atoms with E-state index in [4.69, 9.17) is 4.74 Å². The minimum Gasteiger partial charge on any atom is -0.466 e. The van der Waals surface area contributed by atoms with Crippen molar-refractivity contribution >= 4 is 5.97 Å². The first-order valence-electron chi connectivity index (χ1n) is 6.48. The van der Waals surface area contributed by atoms with Crippen molar-refractivity contribution in [2.24, 2.45) is 0 Å². The maximum absolute atomic E-state index is 11.5. The van der Waals surface area contributed by atoms with Gasteiger partial charge in [-0.15, -0.1) is 0 Å². The van der Waals surface area contributed by atoms with Crippen molar-refractivity contribution in [2.45, 2.75) is 39.3 Å². The van der Waals surface area contributed by atoms with Crippen LogP contribution in [0.3, 0.4) is 0 Å². The van der Waals surface area contributed by atoms with Gasteiger partial charge in [0.05, 0.1) is 13.0 Å². The van der Waals surface area contributed by atoms with Crippen molar-refractivity contribution < 1.29 is 9.53 Å². The number of carbonyl (C=O) groups is 1. The van der Waals surface area contributed by atoms with Crippen molar-refractivity contribution in [3.8, 4) is 0 Å². The highest BCUT2D eigenvalue weighted by Crippen LogP contribution is 2.21. The van der Waals surface area contributed by atoms with Crippen LogP contribution in [0.4, 0.5) is 0 Å². The zero-order valence-corrected chi connectivity index (χ0v) is 11.7. The molecule has 0 aromatic heterocycles. The minimum absolute atomic E-state index is 0.128. The molecule has 18 heavy (non-hydrogen) atoms. The predicted molar refractivity (Wildman–Crippen MR) is 73.3 cm³/mol. The van der Waals surface area contributed by atoms with Gasteiger partial charge in [0.2, 0.25) is 0 Å². The van der Waals surface area contributed by atoms with E-state index in [1.807, 2.05) is 32.2 Å². The van der Waals surface area contributed by atoms with Crippen molar-refractivity contribution in [2.75, 3.05) is 13.7 Å². The Balaban J connectivity index is 2.58. The summed E-state index contributed by atoms with van der Waals surface area (Å²) in [5.74, 6) is -0.128. The molecule has 3 nitrogen and oxygen atoms in total. The third kappa shape index (κ3) is 4.15. The van der Waals surface area contributed by atoms with Gasteiger partial charge in [-0.2, -0.15) is 0 Å².